The number of likely N-dealkylation sites (N-methyl/N-ethyl adjacent to an activating group) is 1. The number of aromatic nitrogens is 1. The molecule has 6 nitrogen and oxygen atoms in total. The molecule has 3 N–H and O–H groups in total. The number of fused-ring (bicyclic) bond motifs is 1. The summed E-state index contributed by atoms with van der Waals surface area (Å²) in [4.78, 5) is 12.5. The highest BCUT2D eigenvalue weighted by Gasteiger charge is 2.13. The summed E-state index contributed by atoms with van der Waals surface area (Å²) in [7, 11) is 2.19. The van der Waals surface area contributed by atoms with Crippen molar-refractivity contribution in [2.24, 2.45) is 4.99 Å². The van der Waals surface area contributed by atoms with Crippen LogP contribution in [0, 0.1) is 6.92 Å². The highest BCUT2D eigenvalue weighted by Crippen LogP contribution is 2.29. The molecule has 2 aromatic carbocycles. The number of anilines is 1. The number of aromatic amines is 1. The Labute approximate surface area is 178 Å². The van der Waals surface area contributed by atoms with Crippen molar-refractivity contribution < 1.29 is 5.11 Å². The lowest BCUT2D eigenvalue weighted by Crippen LogP contribution is -2.44. The zero-order chi connectivity index (χ0) is 20.9. The summed E-state index contributed by atoms with van der Waals surface area (Å²) in [5.41, 5.74) is 4.74. The maximum Gasteiger partial charge on any atom is 0.198 e. The summed E-state index contributed by atoms with van der Waals surface area (Å²) >= 11 is 0. The topological polar surface area (TPSA) is 66.9 Å². The van der Waals surface area contributed by atoms with Crippen LogP contribution in [0.15, 0.2) is 47.5 Å². The largest absolute Gasteiger partial charge is 0.494 e. The van der Waals surface area contributed by atoms with Gasteiger partial charge in [0.05, 0.1) is 11.3 Å². The van der Waals surface area contributed by atoms with E-state index in [0.717, 1.165) is 52.9 Å². The van der Waals surface area contributed by atoms with Crippen LogP contribution in [0.1, 0.15) is 17.5 Å². The molecular formula is C24H31N5O. The first-order valence-corrected chi connectivity index (χ1v) is 10.7. The van der Waals surface area contributed by atoms with E-state index in [9.17, 15) is 5.11 Å². The quantitative estimate of drug-likeness (QED) is 0.411. The van der Waals surface area contributed by atoms with Crippen LogP contribution in [-0.2, 0) is 0 Å². The van der Waals surface area contributed by atoms with Crippen molar-refractivity contribution in [2.45, 2.75) is 13.3 Å². The standard InChI is InChI=1S/C24H31N5O/c1-18-5-3-6-22-23(18)21(24(30)27-22)17-26-20-9-7-19(8-10-20)25-11-4-12-29-15-13-28(2)14-16-29/h3,5-10,17,25,27,30H,4,11-16H2,1-2H3. The average Bonchev–Trinajstić information content (AvgIpc) is 3.08. The maximum atomic E-state index is 10.2. The van der Waals surface area contributed by atoms with Gasteiger partial charge in [-0.2, -0.15) is 0 Å². The Morgan fingerprint density at radius 1 is 1.10 bits per heavy atom. The molecule has 30 heavy (non-hydrogen) atoms. The van der Waals surface area contributed by atoms with E-state index in [-0.39, 0.29) is 5.88 Å². The molecule has 0 bridgehead atoms. The van der Waals surface area contributed by atoms with E-state index in [4.69, 9.17) is 0 Å². The second-order valence-electron chi connectivity index (χ2n) is 8.12. The van der Waals surface area contributed by atoms with Crippen molar-refractivity contribution in [2.75, 3.05) is 51.6 Å². The highest BCUT2D eigenvalue weighted by atomic mass is 16.3. The van der Waals surface area contributed by atoms with Gasteiger partial charge in [-0.1, -0.05) is 12.1 Å². The van der Waals surface area contributed by atoms with E-state index >= 15 is 0 Å². The zero-order valence-electron chi connectivity index (χ0n) is 17.9. The zero-order valence-corrected chi connectivity index (χ0v) is 17.9. The van der Waals surface area contributed by atoms with Gasteiger partial charge >= 0.3 is 0 Å². The predicted molar refractivity (Wildman–Crippen MR) is 125 cm³/mol. The SMILES string of the molecule is Cc1cccc2[nH]c(O)c(C=Nc3ccc(NCCCN4CCN(C)CC4)cc3)c12. The van der Waals surface area contributed by atoms with Gasteiger partial charge in [-0.05, 0) is 62.8 Å². The Kier molecular flexibility index (Phi) is 6.35. The molecule has 1 aliphatic rings. The highest BCUT2D eigenvalue weighted by molar-refractivity contribution is 6.04. The molecule has 0 radical (unpaired) electrons. The third kappa shape index (κ3) is 4.83. The third-order valence-corrected chi connectivity index (χ3v) is 5.84. The number of hydrogen-bond donors (Lipinski definition) is 3. The van der Waals surface area contributed by atoms with E-state index in [2.05, 4.69) is 44.3 Å². The lowest BCUT2D eigenvalue weighted by Gasteiger charge is -2.32. The Bertz CT molecular complexity index is 1000. The number of nitrogens with one attached hydrogen (secondary N) is 2. The van der Waals surface area contributed by atoms with E-state index in [1.54, 1.807) is 6.21 Å². The predicted octanol–water partition coefficient (Wildman–Crippen LogP) is 3.98. The van der Waals surface area contributed by atoms with Gasteiger partial charge in [0.1, 0.15) is 0 Å². The van der Waals surface area contributed by atoms with Crippen LogP contribution in [0.25, 0.3) is 10.9 Å². The molecule has 1 fully saturated rings. The fourth-order valence-electron chi connectivity index (χ4n) is 3.98. The fourth-order valence-corrected chi connectivity index (χ4v) is 3.98. The minimum Gasteiger partial charge on any atom is -0.494 e. The molecule has 0 atom stereocenters. The van der Waals surface area contributed by atoms with E-state index in [1.807, 2.05) is 37.3 Å². The molecule has 0 spiro atoms. The van der Waals surface area contributed by atoms with Gasteiger partial charge in [0.15, 0.2) is 5.88 Å². The van der Waals surface area contributed by atoms with Gasteiger partial charge in [-0.15, -0.1) is 0 Å². The van der Waals surface area contributed by atoms with E-state index in [1.165, 1.54) is 26.2 Å². The second kappa shape index (κ2) is 9.32. The first kappa shape index (κ1) is 20.4. The number of nitrogens with zero attached hydrogens (tertiary/aromatic N) is 3. The van der Waals surface area contributed by atoms with E-state index in [0.29, 0.717) is 0 Å². The minimum atomic E-state index is 0.154. The van der Waals surface area contributed by atoms with Crippen LogP contribution in [-0.4, -0.2) is 72.4 Å². The molecule has 1 saturated heterocycles. The Morgan fingerprint density at radius 2 is 1.87 bits per heavy atom. The number of aliphatic imine (C=N–C) groups is 1. The lowest BCUT2D eigenvalue weighted by atomic mass is 10.1. The van der Waals surface area contributed by atoms with Crippen molar-refractivity contribution in [3.63, 3.8) is 0 Å². The van der Waals surface area contributed by atoms with Gasteiger partial charge in [-0.3, -0.25) is 4.99 Å². The Balaban J connectivity index is 1.30. The smallest absolute Gasteiger partial charge is 0.198 e. The molecule has 0 aliphatic carbocycles. The minimum absolute atomic E-state index is 0.154. The normalized spacial score (nSPS) is 15.9. The number of benzene rings is 2. The molecule has 4 rings (SSSR count). The molecule has 1 aliphatic heterocycles. The lowest BCUT2D eigenvalue weighted by molar-refractivity contribution is 0.154. The van der Waals surface area contributed by atoms with Crippen LogP contribution >= 0.6 is 0 Å². The molecule has 0 unspecified atom stereocenters. The Morgan fingerprint density at radius 3 is 2.63 bits per heavy atom. The molecule has 0 amide bonds. The summed E-state index contributed by atoms with van der Waals surface area (Å²) < 4.78 is 0. The summed E-state index contributed by atoms with van der Waals surface area (Å²) in [5, 5.41) is 14.8. The Hall–Kier alpha value is -2.83. The van der Waals surface area contributed by atoms with Gasteiger partial charge in [-0.25, -0.2) is 0 Å². The molecule has 3 aromatic rings. The van der Waals surface area contributed by atoms with Crippen molar-refractivity contribution in [3.05, 3.63) is 53.6 Å². The van der Waals surface area contributed by atoms with Gasteiger partial charge in [0.2, 0.25) is 0 Å². The average molecular weight is 406 g/mol. The van der Waals surface area contributed by atoms with Crippen molar-refractivity contribution >= 4 is 28.5 Å². The number of aryl methyl sites for hydroxylation is 1. The summed E-state index contributed by atoms with van der Waals surface area (Å²) in [6.45, 7) is 8.85. The summed E-state index contributed by atoms with van der Waals surface area (Å²) in [6.07, 6.45) is 2.88. The number of hydrogen-bond acceptors (Lipinski definition) is 5. The van der Waals surface area contributed by atoms with Crippen LogP contribution in [0.4, 0.5) is 11.4 Å². The van der Waals surface area contributed by atoms with Crippen LogP contribution in [0.2, 0.25) is 0 Å². The number of H-pyrrole nitrogens is 1. The third-order valence-electron chi connectivity index (χ3n) is 5.84. The van der Waals surface area contributed by atoms with Gasteiger partial charge in [0.25, 0.3) is 0 Å². The molecule has 1 aromatic heterocycles. The van der Waals surface area contributed by atoms with Gasteiger partial charge in [0, 0.05) is 55.5 Å². The fraction of sp³-hybridized carbons (Fsp3) is 0.375. The molecule has 2 heterocycles. The molecule has 6 heteroatoms. The van der Waals surface area contributed by atoms with Crippen LogP contribution in [0.5, 0.6) is 5.88 Å². The van der Waals surface area contributed by atoms with Crippen molar-refractivity contribution in [1.29, 1.82) is 0 Å². The monoisotopic (exact) mass is 405 g/mol. The summed E-state index contributed by atoms with van der Waals surface area (Å²) in [5.74, 6) is 0.154. The van der Waals surface area contributed by atoms with Gasteiger partial charge < -0.3 is 25.2 Å². The van der Waals surface area contributed by atoms with E-state index < -0.39 is 0 Å². The molecule has 158 valence electrons. The van der Waals surface area contributed by atoms with Crippen molar-refractivity contribution in [1.82, 2.24) is 14.8 Å². The number of rotatable bonds is 7. The first-order valence-electron chi connectivity index (χ1n) is 10.7. The van der Waals surface area contributed by atoms with Crippen LogP contribution < -0.4 is 5.32 Å². The number of piperazine rings is 1. The summed E-state index contributed by atoms with van der Waals surface area (Å²) in [6, 6.07) is 14.1. The number of aromatic hydroxyl groups is 1. The maximum absolute atomic E-state index is 10.2. The molecular weight excluding hydrogens is 374 g/mol. The first-order chi connectivity index (χ1) is 14.6. The van der Waals surface area contributed by atoms with Crippen molar-refractivity contribution in [3.8, 4) is 5.88 Å². The second-order valence-corrected chi connectivity index (χ2v) is 8.12. The molecule has 0 saturated carbocycles. The van der Waals surface area contributed by atoms with Crippen LogP contribution in [0.3, 0.4) is 0 Å².